The molecule has 0 saturated carbocycles. The van der Waals surface area contributed by atoms with Gasteiger partial charge in [0.25, 0.3) is 11.5 Å². The number of amides is 2. The number of carbonyl (C=O) groups excluding carboxylic acids is 2. The molecule has 1 atom stereocenters. The van der Waals surface area contributed by atoms with Gasteiger partial charge >= 0.3 is 0 Å². The predicted molar refractivity (Wildman–Crippen MR) is 105 cm³/mol. The molecule has 6 nitrogen and oxygen atoms in total. The van der Waals surface area contributed by atoms with E-state index in [0.29, 0.717) is 24.4 Å². The molecule has 0 aliphatic carbocycles. The first kappa shape index (κ1) is 19.6. The zero-order valence-corrected chi connectivity index (χ0v) is 16.7. The molecule has 1 aromatic rings. The summed E-state index contributed by atoms with van der Waals surface area (Å²) < 4.78 is 1.47. The van der Waals surface area contributed by atoms with Crippen molar-refractivity contribution in [2.75, 3.05) is 26.2 Å². The molecular formula is C21H31N3O3. The molecule has 2 saturated heterocycles. The van der Waals surface area contributed by atoms with Crippen LogP contribution in [0.2, 0.25) is 0 Å². The van der Waals surface area contributed by atoms with Crippen molar-refractivity contribution in [3.05, 3.63) is 34.2 Å². The van der Waals surface area contributed by atoms with Crippen molar-refractivity contribution in [3.63, 3.8) is 0 Å². The van der Waals surface area contributed by atoms with Gasteiger partial charge in [-0.3, -0.25) is 14.4 Å². The summed E-state index contributed by atoms with van der Waals surface area (Å²) in [6.45, 7) is 7.30. The number of hydrogen-bond acceptors (Lipinski definition) is 3. The lowest BCUT2D eigenvalue weighted by Crippen LogP contribution is -2.55. The van der Waals surface area contributed by atoms with E-state index < -0.39 is 0 Å². The molecule has 2 aliphatic heterocycles. The Morgan fingerprint density at radius 1 is 1.22 bits per heavy atom. The molecule has 27 heavy (non-hydrogen) atoms. The van der Waals surface area contributed by atoms with Gasteiger partial charge < -0.3 is 14.4 Å². The van der Waals surface area contributed by atoms with Crippen LogP contribution in [-0.4, -0.2) is 52.4 Å². The molecule has 0 aromatic carbocycles. The van der Waals surface area contributed by atoms with E-state index in [-0.39, 0.29) is 22.8 Å². The Labute approximate surface area is 161 Å². The molecule has 0 N–H and O–H groups in total. The van der Waals surface area contributed by atoms with E-state index in [1.165, 1.54) is 10.6 Å². The van der Waals surface area contributed by atoms with Crippen LogP contribution in [0.1, 0.15) is 56.3 Å². The number of nitrogens with zero attached hydrogens (tertiary/aromatic N) is 3. The van der Waals surface area contributed by atoms with Crippen LogP contribution >= 0.6 is 0 Å². The van der Waals surface area contributed by atoms with Crippen LogP contribution in [-0.2, 0) is 11.8 Å². The van der Waals surface area contributed by atoms with Crippen molar-refractivity contribution < 1.29 is 9.59 Å². The number of likely N-dealkylation sites (tertiary alicyclic amines) is 2. The molecule has 3 rings (SSSR count). The van der Waals surface area contributed by atoms with Crippen LogP contribution in [0.15, 0.2) is 23.1 Å². The molecule has 1 spiro atoms. The van der Waals surface area contributed by atoms with E-state index in [1.54, 1.807) is 19.3 Å². The van der Waals surface area contributed by atoms with Gasteiger partial charge in [-0.25, -0.2) is 0 Å². The number of aromatic nitrogens is 1. The second-order valence-electron chi connectivity index (χ2n) is 8.69. The Morgan fingerprint density at radius 3 is 2.70 bits per heavy atom. The normalized spacial score (nSPS) is 23.3. The Kier molecular flexibility index (Phi) is 5.72. The van der Waals surface area contributed by atoms with Crippen LogP contribution in [0.4, 0.5) is 0 Å². The molecular weight excluding hydrogens is 342 g/mol. The van der Waals surface area contributed by atoms with Gasteiger partial charge in [0.15, 0.2) is 0 Å². The van der Waals surface area contributed by atoms with E-state index in [9.17, 15) is 14.4 Å². The zero-order valence-electron chi connectivity index (χ0n) is 16.7. The van der Waals surface area contributed by atoms with Gasteiger partial charge in [0, 0.05) is 62.9 Å². The van der Waals surface area contributed by atoms with E-state index in [1.807, 2.05) is 9.80 Å². The monoisotopic (exact) mass is 373 g/mol. The standard InChI is InChI=1S/C21H31N3O3/c1-16(2)6-12-23-14-21(9-5-18(23)25)8-4-10-24(15-21)20(27)17-7-11-22(3)19(26)13-17/h7,11,13,16H,4-6,8-10,12,14-15H2,1-3H3/t21-/m1/s1. The van der Waals surface area contributed by atoms with Crippen LogP contribution < -0.4 is 5.56 Å². The fourth-order valence-corrected chi connectivity index (χ4v) is 4.30. The second-order valence-corrected chi connectivity index (χ2v) is 8.69. The van der Waals surface area contributed by atoms with Crippen molar-refractivity contribution in [2.24, 2.45) is 18.4 Å². The Bertz CT molecular complexity index is 770. The lowest BCUT2D eigenvalue weighted by molar-refractivity contribution is -0.139. The van der Waals surface area contributed by atoms with Crippen molar-refractivity contribution >= 4 is 11.8 Å². The molecule has 2 amide bonds. The highest BCUT2D eigenvalue weighted by Crippen LogP contribution is 2.39. The van der Waals surface area contributed by atoms with Crippen LogP contribution in [0, 0.1) is 11.3 Å². The number of aryl methyl sites for hydroxylation is 1. The van der Waals surface area contributed by atoms with Gasteiger partial charge in [0.1, 0.15) is 0 Å². The van der Waals surface area contributed by atoms with Gasteiger partial charge in [-0.15, -0.1) is 0 Å². The molecule has 148 valence electrons. The summed E-state index contributed by atoms with van der Waals surface area (Å²) in [6.07, 6.45) is 6.08. The highest BCUT2D eigenvalue weighted by molar-refractivity contribution is 5.94. The molecule has 1 aromatic heterocycles. The lowest BCUT2D eigenvalue weighted by atomic mass is 9.73. The lowest BCUT2D eigenvalue weighted by Gasteiger charge is -2.48. The first-order chi connectivity index (χ1) is 12.8. The van der Waals surface area contributed by atoms with Gasteiger partial charge in [-0.1, -0.05) is 13.8 Å². The largest absolute Gasteiger partial charge is 0.342 e. The number of carbonyl (C=O) groups is 2. The molecule has 0 radical (unpaired) electrons. The van der Waals surface area contributed by atoms with Gasteiger partial charge in [-0.05, 0) is 37.7 Å². The highest BCUT2D eigenvalue weighted by Gasteiger charge is 2.42. The van der Waals surface area contributed by atoms with Crippen molar-refractivity contribution in [1.29, 1.82) is 0 Å². The average Bonchev–Trinajstić information content (AvgIpc) is 2.64. The van der Waals surface area contributed by atoms with Crippen LogP contribution in [0.25, 0.3) is 0 Å². The summed E-state index contributed by atoms with van der Waals surface area (Å²) >= 11 is 0. The minimum Gasteiger partial charge on any atom is -0.342 e. The molecule has 3 heterocycles. The first-order valence-corrected chi connectivity index (χ1v) is 10.0. The number of pyridine rings is 1. The summed E-state index contributed by atoms with van der Waals surface area (Å²) in [4.78, 5) is 41.1. The maximum Gasteiger partial charge on any atom is 0.254 e. The quantitative estimate of drug-likeness (QED) is 0.813. The Balaban J connectivity index is 1.72. The van der Waals surface area contributed by atoms with Crippen molar-refractivity contribution in [2.45, 2.75) is 46.0 Å². The molecule has 2 aliphatic rings. The summed E-state index contributed by atoms with van der Waals surface area (Å²) in [7, 11) is 1.68. The van der Waals surface area contributed by atoms with Crippen LogP contribution in [0.3, 0.4) is 0 Å². The van der Waals surface area contributed by atoms with E-state index in [0.717, 1.165) is 45.3 Å². The SMILES string of the molecule is CC(C)CCN1C[C@@]2(CCCN(C(=O)c3ccn(C)c(=O)c3)C2)CCC1=O. The van der Waals surface area contributed by atoms with Gasteiger partial charge in [-0.2, -0.15) is 0 Å². The minimum atomic E-state index is -0.171. The van der Waals surface area contributed by atoms with E-state index in [4.69, 9.17) is 0 Å². The third kappa shape index (κ3) is 4.42. The molecule has 0 unspecified atom stereocenters. The summed E-state index contributed by atoms with van der Waals surface area (Å²) in [5.41, 5.74) is 0.285. The number of rotatable bonds is 4. The maximum absolute atomic E-state index is 12.9. The van der Waals surface area contributed by atoms with E-state index >= 15 is 0 Å². The molecule has 6 heteroatoms. The predicted octanol–water partition coefficient (Wildman–Crippen LogP) is 2.28. The van der Waals surface area contributed by atoms with Crippen LogP contribution in [0.5, 0.6) is 0 Å². The first-order valence-electron chi connectivity index (χ1n) is 10.0. The smallest absolute Gasteiger partial charge is 0.254 e. The molecule has 0 bridgehead atoms. The van der Waals surface area contributed by atoms with Crippen molar-refractivity contribution in [1.82, 2.24) is 14.4 Å². The second kappa shape index (κ2) is 7.87. The number of piperidine rings is 2. The highest BCUT2D eigenvalue weighted by atomic mass is 16.2. The topological polar surface area (TPSA) is 62.6 Å². The maximum atomic E-state index is 12.9. The van der Waals surface area contributed by atoms with Crippen molar-refractivity contribution in [3.8, 4) is 0 Å². The Hall–Kier alpha value is -2.11. The third-order valence-electron chi connectivity index (χ3n) is 6.02. The zero-order chi connectivity index (χ0) is 19.6. The average molecular weight is 373 g/mol. The molecule has 2 fully saturated rings. The Morgan fingerprint density at radius 2 is 2.00 bits per heavy atom. The van der Waals surface area contributed by atoms with Gasteiger partial charge in [0.2, 0.25) is 5.91 Å². The van der Waals surface area contributed by atoms with E-state index in [2.05, 4.69) is 13.8 Å². The summed E-state index contributed by atoms with van der Waals surface area (Å²) in [5.74, 6) is 0.745. The summed E-state index contributed by atoms with van der Waals surface area (Å²) in [6, 6.07) is 3.13. The third-order valence-corrected chi connectivity index (χ3v) is 6.02. The summed E-state index contributed by atoms with van der Waals surface area (Å²) in [5, 5.41) is 0. The fourth-order valence-electron chi connectivity index (χ4n) is 4.30. The fraction of sp³-hybridized carbons (Fsp3) is 0.667. The van der Waals surface area contributed by atoms with Gasteiger partial charge in [0.05, 0.1) is 0 Å². The minimum absolute atomic E-state index is 0.00145. The number of hydrogen-bond donors (Lipinski definition) is 0.